The van der Waals surface area contributed by atoms with E-state index in [9.17, 15) is 19.8 Å². The van der Waals surface area contributed by atoms with Crippen molar-refractivity contribution in [3.05, 3.63) is 12.2 Å². The van der Waals surface area contributed by atoms with Crippen LogP contribution in [-0.2, 0) is 14.3 Å². The van der Waals surface area contributed by atoms with E-state index in [0.29, 0.717) is 19.4 Å². The first kappa shape index (κ1) is 65.6. The minimum atomic E-state index is -0.850. The largest absolute Gasteiger partial charge is 0.466 e. The van der Waals surface area contributed by atoms with Gasteiger partial charge in [-0.15, -0.1) is 0 Å². The van der Waals surface area contributed by atoms with Crippen molar-refractivity contribution in [2.45, 2.75) is 353 Å². The molecule has 0 bridgehead atoms. The Kier molecular flexibility index (Phi) is 56.0. The van der Waals surface area contributed by atoms with Crippen LogP contribution in [0.5, 0.6) is 0 Å². The van der Waals surface area contributed by atoms with Gasteiger partial charge in [0.15, 0.2) is 0 Å². The molecule has 1 amide bonds. The Morgan fingerprint density at radius 3 is 1.01 bits per heavy atom. The molecular formula is C61H119NO5. The van der Waals surface area contributed by atoms with Gasteiger partial charge in [0.25, 0.3) is 0 Å². The molecule has 0 aromatic carbocycles. The number of unbranched alkanes of at least 4 members (excludes halogenated alkanes) is 46. The third-order valence-electron chi connectivity index (χ3n) is 14.3. The van der Waals surface area contributed by atoms with Crippen LogP contribution in [0, 0.1) is 0 Å². The Bertz CT molecular complexity index is 1000. The van der Waals surface area contributed by atoms with Crippen LogP contribution >= 0.6 is 0 Å². The van der Waals surface area contributed by atoms with Crippen LogP contribution in [0.3, 0.4) is 0 Å². The Morgan fingerprint density at radius 1 is 0.403 bits per heavy atom. The normalized spacial score (nSPS) is 12.6. The molecule has 2 atom stereocenters. The summed E-state index contributed by atoms with van der Waals surface area (Å²) in [7, 11) is 0. The van der Waals surface area contributed by atoms with Gasteiger partial charge in [0.1, 0.15) is 0 Å². The first-order chi connectivity index (χ1) is 33.0. The molecular weight excluding hydrogens is 827 g/mol. The van der Waals surface area contributed by atoms with Gasteiger partial charge in [-0.05, 0) is 32.1 Å². The molecule has 0 aromatic rings. The molecule has 0 rings (SSSR count). The van der Waals surface area contributed by atoms with E-state index in [2.05, 4.69) is 19.2 Å². The summed E-state index contributed by atoms with van der Waals surface area (Å²) in [5.74, 6) is -0.0699. The summed E-state index contributed by atoms with van der Waals surface area (Å²) in [4.78, 5) is 24.5. The molecule has 0 heterocycles. The second-order valence-corrected chi connectivity index (χ2v) is 21.0. The summed E-state index contributed by atoms with van der Waals surface area (Å²) in [6.07, 6.45) is 68.1. The number of ether oxygens (including phenoxy) is 1. The van der Waals surface area contributed by atoms with E-state index < -0.39 is 12.1 Å². The number of aliphatic hydroxyl groups excluding tert-OH is 2. The summed E-state index contributed by atoms with van der Waals surface area (Å²) < 4.78 is 5.48. The average molecular weight is 947 g/mol. The second-order valence-electron chi connectivity index (χ2n) is 21.0. The summed E-state index contributed by atoms with van der Waals surface area (Å²) >= 11 is 0. The highest BCUT2D eigenvalue weighted by Crippen LogP contribution is 2.18. The number of nitrogens with one attached hydrogen (secondary N) is 1. The zero-order chi connectivity index (χ0) is 48.6. The van der Waals surface area contributed by atoms with Crippen LogP contribution in [0.4, 0.5) is 0 Å². The van der Waals surface area contributed by atoms with Crippen molar-refractivity contribution < 1.29 is 24.5 Å². The molecule has 6 nitrogen and oxygen atoms in total. The highest BCUT2D eigenvalue weighted by atomic mass is 16.5. The zero-order valence-electron chi connectivity index (χ0n) is 45.4. The topological polar surface area (TPSA) is 95.9 Å². The number of rotatable bonds is 57. The van der Waals surface area contributed by atoms with E-state index in [4.69, 9.17) is 4.74 Å². The lowest BCUT2D eigenvalue weighted by atomic mass is 10.0. The molecule has 0 aliphatic rings. The maximum atomic E-state index is 12.5. The second kappa shape index (κ2) is 57.2. The van der Waals surface area contributed by atoms with E-state index >= 15 is 0 Å². The minimum absolute atomic E-state index is 0.00272. The molecule has 0 saturated carbocycles. The number of carbonyl (C=O) groups is 2. The summed E-state index contributed by atoms with van der Waals surface area (Å²) in [6.45, 7) is 4.92. The predicted molar refractivity (Wildman–Crippen MR) is 292 cm³/mol. The number of amides is 1. The quantitative estimate of drug-likeness (QED) is 0.0321. The van der Waals surface area contributed by atoms with Crippen LogP contribution in [-0.4, -0.2) is 47.4 Å². The van der Waals surface area contributed by atoms with Gasteiger partial charge < -0.3 is 20.3 Å². The molecule has 2 unspecified atom stereocenters. The fraction of sp³-hybridized carbons (Fsp3) is 0.934. The van der Waals surface area contributed by atoms with Crippen LogP contribution in [0.25, 0.3) is 0 Å². The number of esters is 1. The van der Waals surface area contributed by atoms with Crippen molar-refractivity contribution in [3.63, 3.8) is 0 Å². The van der Waals surface area contributed by atoms with Crippen LogP contribution in [0.15, 0.2) is 12.2 Å². The number of hydrogen-bond donors (Lipinski definition) is 3. The minimum Gasteiger partial charge on any atom is -0.466 e. The summed E-state index contributed by atoms with van der Waals surface area (Å²) in [5, 5.41) is 23.2. The Balaban J connectivity index is 3.45. The van der Waals surface area contributed by atoms with Gasteiger partial charge >= 0.3 is 5.97 Å². The molecule has 0 aliphatic carbocycles. The smallest absolute Gasteiger partial charge is 0.305 e. The fourth-order valence-electron chi connectivity index (χ4n) is 9.64. The maximum absolute atomic E-state index is 12.5. The molecule has 0 spiro atoms. The van der Waals surface area contributed by atoms with Gasteiger partial charge in [0, 0.05) is 12.8 Å². The predicted octanol–water partition coefficient (Wildman–Crippen LogP) is 18.9. The maximum Gasteiger partial charge on any atom is 0.305 e. The molecule has 0 saturated heterocycles. The Labute approximate surface area is 419 Å². The fourth-order valence-corrected chi connectivity index (χ4v) is 9.64. The number of allylic oxidation sites excluding steroid dienone is 1. The Hall–Kier alpha value is -1.40. The summed E-state index contributed by atoms with van der Waals surface area (Å²) in [6, 6.07) is -0.634. The van der Waals surface area contributed by atoms with Gasteiger partial charge in [-0.3, -0.25) is 9.59 Å². The van der Waals surface area contributed by atoms with Crippen molar-refractivity contribution in [2.24, 2.45) is 0 Å². The van der Waals surface area contributed by atoms with E-state index in [1.165, 1.54) is 270 Å². The first-order valence-electron chi connectivity index (χ1n) is 30.5. The van der Waals surface area contributed by atoms with Crippen LogP contribution in [0.1, 0.15) is 341 Å². The molecule has 3 N–H and O–H groups in total. The standard InChI is InChI=1S/C61H119NO5/c1-3-5-7-9-11-13-15-17-19-20-21-22-23-24-26-29-33-37-41-45-49-53-59(64)58(57-63)62-60(65)54-50-46-42-38-34-30-27-25-28-32-36-40-44-48-52-56-67-61(66)55-51-47-43-39-35-31-18-16-14-12-10-8-6-4-2/h49,53,58-59,63-64H,3-48,50-52,54-57H2,1-2H3,(H,62,65)/b53-49+. The van der Waals surface area contributed by atoms with Crippen molar-refractivity contribution in [3.8, 4) is 0 Å². The van der Waals surface area contributed by atoms with Crippen LogP contribution < -0.4 is 5.32 Å². The van der Waals surface area contributed by atoms with Crippen molar-refractivity contribution in [1.29, 1.82) is 0 Å². The van der Waals surface area contributed by atoms with Crippen molar-refractivity contribution >= 4 is 11.9 Å². The Morgan fingerprint density at radius 2 is 0.687 bits per heavy atom. The zero-order valence-corrected chi connectivity index (χ0v) is 45.4. The molecule has 0 aromatic heterocycles. The van der Waals surface area contributed by atoms with E-state index in [-0.39, 0.29) is 18.5 Å². The molecule has 6 heteroatoms. The van der Waals surface area contributed by atoms with E-state index in [1.807, 2.05) is 6.08 Å². The molecule has 0 aliphatic heterocycles. The first-order valence-corrected chi connectivity index (χ1v) is 30.5. The highest BCUT2D eigenvalue weighted by Gasteiger charge is 2.18. The van der Waals surface area contributed by atoms with Gasteiger partial charge in [0.05, 0.1) is 25.4 Å². The van der Waals surface area contributed by atoms with Crippen LogP contribution in [0.2, 0.25) is 0 Å². The lowest BCUT2D eigenvalue weighted by Gasteiger charge is -2.20. The van der Waals surface area contributed by atoms with Gasteiger partial charge in [0.2, 0.25) is 5.91 Å². The highest BCUT2D eigenvalue weighted by molar-refractivity contribution is 5.76. The van der Waals surface area contributed by atoms with Gasteiger partial charge in [-0.2, -0.15) is 0 Å². The van der Waals surface area contributed by atoms with E-state index in [1.54, 1.807) is 6.08 Å². The average Bonchev–Trinajstić information content (AvgIpc) is 3.33. The number of carbonyl (C=O) groups excluding carboxylic acids is 2. The lowest BCUT2D eigenvalue weighted by Crippen LogP contribution is -2.45. The molecule has 0 radical (unpaired) electrons. The third kappa shape index (κ3) is 53.8. The van der Waals surface area contributed by atoms with Crippen molar-refractivity contribution in [2.75, 3.05) is 13.2 Å². The van der Waals surface area contributed by atoms with E-state index in [0.717, 1.165) is 44.9 Å². The molecule has 398 valence electrons. The number of aliphatic hydroxyl groups is 2. The number of hydrogen-bond acceptors (Lipinski definition) is 5. The summed E-state index contributed by atoms with van der Waals surface area (Å²) in [5.41, 5.74) is 0. The van der Waals surface area contributed by atoms with Gasteiger partial charge in [-0.1, -0.05) is 309 Å². The lowest BCUT2D eigenvalue weighted by molar-refractivity contribution is -0.143. The van der Waals surface area contributed by atoms with Crippen molar-refractivity contribution in [1.82, 2.24) is 5.32 Å². The third-order valence-corrected chi connectivity index (χ3v) is 14.3. The monoisotopic (exact) mass is 946 g/mol. The molecule has 0 fully saturated rings. The SMILES string of the molecule is CCCCCCCCCCCCCCCCCCCCC/C=C/C(O)C(CO)NC(=O)CCCCCCCCCCCCCCCCCOC(=O)CCCCCCCCCCCCCCCC. The van der Waals surface area contributed by atoms with Gasteiger partial charge in [-0.25, -0.2) is 0 Å². The molecule has 67 heavy (non-hydrogen) atoms.